The topological polar surface area (TPSA) is 50.9 Å². The summed E-state index contributed by atoms with van der Waals surface area (Å²) in [6.07, 6.45) is 3.50. The Bertz CT molecular complexity index is 167. The van der Waals surface area contributed by atoms with Gasteiger partial charge < -0.3 is 4.90 Å². The van der Waals surface area contributed by atoms with Gasteiger partial charge in [0.25, 0.3) is 0 Å². The second-order valence-electron chi connectivity index (χ2n) is 2.51. The van der Waals surface area contributed by atoms with Gasteiger partial charge in [-0.3, -0.25) is 5.41 Å². The van der Waals surface area contributed by atoms with E-state index in [2.05, 4.69) is 0 Å². The Balaban J connectivity index is 0.000001000. The Labute approximate surface area is 72.9 Å². The van der Waals surface area contributed by atoms with Crippen molar-refractivity contribution in [2.24, 2.45) is 0 Å². The monoisotopic (exact) mass is 173 g/mol. The highest BCUT2D eigenvalue weighted by Gasteiger charge is 2.11. The summed E-state index contributed by atoms with van der Waals surface area (Å²) in [4.78, 5) is 1.84. The van der Waals surface area contributed by atoms with Crippen LogP contribution in [0.1, 0.15) is 19.3 Å². The minimum atomic E-state index is 0. The SMILES string of the molecule is Cl.N#CC(=N)N1CCCCC1. The smallest absolute Gasteiger partial charge is 0.201 e. The largest absolute Gasteiger partial charge is 0.348 e. The van der Waals surface area contributed by atoms with Crippen LogP contribution in [0, 0.1) is 16.7 Å². The van der Waals surface area contributed by atoms with Crippen molar-refractivity contribution in [1.29, 1.82) is 10.7 Å². The number of rotatable bonds is 0. The molecule has 1 fully saturated rings. The third-order valence-corrected chi connectivity index (χ3v) is 1.78. The van der Waals surface area contributed by atoms with Crippen LogP contribution in [0.2, 0.25) is 0 Å². The van der Waals surface area contributed by atoms with Gasteiger partial charge in [0.2, 0.25) is 5.84 Å². The molecule has 0 aromatic rings. The van der Waals surface area contributed by atoms with Gasteiger partial charge in [-0.15, -0.1) is 12.4 Å². The van der Waals surface area contributed by atoms with Crippen molar-refractivity contribution in [1.82, 2.24) is 4.90 Å². The lowest BCUT2D eigenvalue weighted by atomic mass is 10.1. The molecule has 0 spiro atoms. The minimum absolute atomic E-state index is 0. The van der Waals surface area contributed by atoms with Crippen molar-refractivity contribution in [2.75, 3.05) is 13.1 Å². The maximum atomic E-state index is 8.37. The zero-order valence-corrected chi connectivity index (χ0v) is 7.15. The highest BCUT2D eigenvalue weighted by Crippen LogP contribution is 2.07. The zero-order valence-electron chi connectivity index (χ0n) is 6.34. The van der Waals surface area contributed by atoms with E-state index in [9.17, 15) is 0 Å². The van der Waals surface area contributed by atoms with Crippen molar-refractivity contribution >= 4 is 18.2 Å². The minimum Gasteiger partial charge on any atom is -0.348 e. The van der Waals surface area contributed by atoms with E-state index >= 15 is 0 Å². The molecule has 4 heteroatoms. The van der Waals surface area contributed by atoms with Crippen molar-refractivity contribution in [2.45, 2.75) is 19.3 Å². The lowest BCUT2D eigenvalue weighted by molar-refractivity contribution is 0.343. The predicted molar refractivity (Wildman–Crippen MR) is 46.0 cm³/mol. The Kier molecular flexibility index (Phi) is 4.64. The number of nitrogens with one attached hydrogen (secondary N) is 1. The van der Waals surface area contributed by atoms with Gasteiger partial charge >= 0.3 is 0 Å². The van der Waals surface area contributed by atoms with E-state index in [0.717, 1.165) is 25.9 Å². The quantitative estimate of drug-likeness (QED) is 0.445. The molecule has 0 radical (unpaired) electrons. The first-order chi connectivity index (χ1) is 4.84. The van der Waals surface area contributed by atoms with Crippen LogP contribution >= 0.6 is 12.4 Å². The maximum Gasteiger partial charge on any atom is 0.201 e. The number of nitriles is 1. The fraction of sp³-hybridized carbons (Fsp3) is 0.714. The van der Waals surface area contributed by atoms with E-state index < -0.39 is 0 Å². The molecule has 11 heavy (non-hydrogen) atoms. The van der Waals surface area contributed by atoms with Crippen LogP contribution < -0.4 is 0 Å². The number of piperidine rings is 1. The Morgan fingerprint density at radius 2 is 1.82 bits per heavy atom. The third-order valence-electron chi connectivity index (χ3n) is 1.78. The summed E-state index contributed by atoms with van der Waals surface area (Å²) in [5.74, 6) is 0.125. The summed E-state index contributed by atoms with van der Waals surface area (Å²) in [6.45, 7) is 1.79. The predicted octanol–water partition coefficient (Wildman–Crippen LogP) is 1.39. The van der Waals surface area contributed by atoms with E-state index in [0.29, 0.717) is 0 Å². The highest BCUT2D eigenvalue weighted by atomic mass is 35.5. The van der Waals surface area contributed by atoms with Crippen LogP contribution in [-0.2, 0) is 0 Å². The summed E-state index contributed by atoms with van der Waals surface area (Å²) in [5, 5.41) is 15.6. The van der Waals surface area contributed by atoms with Gasteiger partial charge in [0.1, 0.15) is 6.07 Å². The highest BCUT2D eigenvalue weighted by molar-refractivity contribution is 5.93. The number of hydrogen-bond acceptors (Lipinski definition) is 2. The molecule has 0 aliphatic carbocycles. The molecule has 0 amide bonds. The van der Waals surface area contributed by atoms with Crippen LogP contribution in [-0.4, -0.2) is 23.8 Å². The molecule has 1 rings (SSSR count). The molecule has 62 valence electrons. The van der Waals surface area contributed by atoms with Gasteiger partial charge in [-0.25, -0.2) is 0 Å². The van der Waals surface area contributed by atoms with Crippen LogP contribution in [0.4, 0.5) is 0 Å². The molecular formula is C7H12ClN3. The fourth-order valence-electron chi connectivity index (χ4n) is 1.19. The van der Waals surface area contributed by atoms with Crippen LogP contribution in [0.25, 0.3) is 0 Å². The summed E-state index contributed by atoms with van der Waals surface area (Å²) in [6, 6.07) is 1.84. The summed E-state index contributed by atoms with van der Waals surface area (Å²) in [5.41, 5.74) is 0. The van der Waals surface area contributed by atoms with Crippen molar-refractivity contribution < 1.29 is 0 Å². The average Bonchev–Trinajstić information content (AvgIpc) is 2.05. The number of nitrogens with zero attached hydrogens (tertiary/aromatic N) is 2. The van der Waals surface area contributed by atoms with E-state index in [-0.39, 0.29) is 18.2 Å². The van der Waals surface area contributed by atoms with Gasteiger partial charge in [0.05, 0.1) is 0 Å². The van der Waals surface area contributed by atoms with Crippen LogP contribution in [0.15, 0.2) is 0 Å². The Morgan fingerprint density at radius 1 is 1.27 bits per heavy atom. The second-order valence-corrected chi connectivity index (χ2v) is 2.51. The van der Waals surface area contributed by atoms with Crippen molar-refractivity contribution in [3.8, 4) is 6.07 Å². The van der Waals surface area contributed by atoms with E-state index in [1.165, 1.54) is 6.42 Å². The molecule has 0 aromatic heterocycles. The maximum absolute atomic E-state index is 8.37. The first kappa shape index (κ1) is 10.2. The molecule has 1 heterocycles. The molecule has 0 atom stereocenters. The average molecular weight is 174 g/mol. The molecule has 1 saturated heterocycles. The van der Waals surface area contributed by atoms with Gasteiger partial charge in [-0.05, 0) is 19.3 Å². The van der Waals surface area contributed by atoms with Gasteiger partial charge in [-0.2, -0.15) is 5.26 Å². The molecule has 1 N–H and O–H groups in total. The van der Waals surface area contributed by atoms with Crippen LogP contribution in [0.3, 0.4) is 0 Å². The number of amidine groups is 1. The lowest BCUT2D eigenvalue weighted by Crippen LogP contribution is -2.34. The van der Waals surface area contributed by atoms with Crippen molar-refractivity contribution in [3.63, 3.8) is 0 Å². The Hall–Kier alpha value is -0.750. The van der Waals surface area contributed by atoms with Gasteiger partial charge in [0, 0.05) is 13.1 Å². The van der Waals surface area contributed by atoms with Gasteiger partial charge in [0.15, 0.2) is 0 Å². The number of hydrogen-bond donors (Lipinski definition) is 1. The molecule has 0 unspecified atom stereocenters. The van der Waals surface area contributed by atoms with Crippen LogP contribution in [0.5, 0.6) is 0 Å². The van der Waals surface area contributed by atoms with Crippen molar-refractivity contribution in [3.05, 3.63) is 0 Å². The summed E-state index contributed by atoms with van der Waals surface area (Å²) in [7, 11) is 0. The molecule has 0 saturated carbocycles. The molecule has 1 aliphatic rings. The second kappa shape index (κ2) is 4.97. The molecule has 3 nitrogen and oxygen atoms in total. The van der Waals surface area contributed by atoms with Gasteiger partial charge in [-0.1, -0.05) is 0 Å². The standard InChI is InChI=1S/C7H11N3.ClH/c8-6-7(9)10-4-2-1-3-5-10;/h9H,1-5H2;1H. The third kappa shape index (κ3) is 2.77. The summed E-state index contributed by atoms with van der Waals surface area (Å²) >= 11 is 0. The molecular weight excluding hydrogens is 162 g/mol. The van der Waals surface area contributed by atoms with E-state index in [4.69, 9.17) is 10.7 Å². The molecule has 0 bridgehead atoms. The summed E-state index contributed by atoms with van der Waals surface area (Å²) < 4.78 is 0. The first-order valence-electron chi connectivity index (χ1n) is 3.58. The Morgan fingerprint density at radius 3 is 2.27 bits per heavy atom. The first-order valence-corrected chi connectivity index (χ1v) is 3.58. The molecule has 0 aromatic carbocycles. The number of likely N-dealkylation sites (tertiary alicyclic amines) is 1. The van der Waals surface area contributed by atoms with E-state index in [1.807, 2.05) is 11.0 Å². The van der Waals surface area contributed by atoms with E-state index in [1.54, 1.807) is 0 Å². The number of halogens is 1. The fourth-order valence-corrected chi connectivity index (χ4v) is 1.19. The normalized spacial score (nSPS) is 16.5. The zero-order chi connectivity index (χ0) is 7.40. The molecule has 1 aliphatic heterocycles. The lowest BCUT2D eigenvalue weighted by Gasteiger charge is -2.25.